The summed E-state index contributed by atoms with van der Waals surface area (Å²) in [5.41, 5.74) is -0.668. The Labute approximate surface area is 125 Å². The van der Waals surface area contributed by atoms with Crippen LogP contribution in [-0.4, -0.2) is 25.8 Å². The largest absolute Gasteiger partial charge is 0.490 e. The summed E-state index contributed by atoms with van der Waals surface area (Å²) < 4.78 is 26.4. The van der Waals surface area contributed by atoms with Crippen LogP contribution in [0.5, 0.6) is 11.5 Å². The number of rotatable bonds is 3. The molecule has 2 unspecified atom stereocenters. The molecule has 0 bridgehead atoms. The number of alkyl halides is 1. The molecule has 2 atom stereocenters. The summed E-state index contributed by atoms with van der Waals surface area (Å²) >= 11 is 0. The monoisotopic (exact) mass is 293 g/mol. The Hall–Kier alpha value is -1.29. The number of halogens is 1. The van der Waals surface area contributed by atoms with Crippen LogP contribution in [0.2, 0.25) is 0 Å². The zero-order chi connectivity index (χ0) is 14.7. The fourth-order valence-corrected chi connectivity index (χ4v) is 3.17. The van der Waals surface area contributed by atoms with E-state index in [0.717, 1.165) is 25.1 Å². The first kappa shape index (κ1) is 14.6. The Kier molecular flexibility index (Phi) is 4.34. The maximum Gasteiger partial charge on any atom is 0.161 e. The molecule has 21 heavy (non-hydrogen) atoms. The van der Waals surface area contributed by atoms with Crippen LogP contribution in [0.3, 0.4) is 0 Å². The number of fused-ring (bicyclic) bond motifs is 1. The van der Waals surface area contributed by atoms with E-state index < -0.39 is 5.67 Å². The molecule has 2 aliphatic heterocycles. The second-order valence-corrected chi connectivity index (χ2v) is 6.26. The number of ether oxygens (including phenoxy) is 2. The van der Waals surface area contributed by atoms with Gasteiger partial charge >= 0.3 is 0 Å². The molecule has 1 aromatic rings. The van der Waals surface area contributed by atoms with Crippen LogP contribution in [0.25, 0.3) is 0 Å². The topological polar surface area (TPSA) is 30.5 Å². The normalized spacial score (nSPS) is 25.0. The maximum atomic E-state index is 15.1. The Morgan fingerprint density at radius 3 is 2.76 bits per heavy atom. The maximum absolute atomic E-state index is 15.1. The number of piperidine rings is 1. The van der Waals surface area contributed by atoms with Crippen molar-refractivity contribution in [3.63, 3.8) is 0 Å². The van der Waals surface area contributed by atoms with Crippen molar-refractivity contribution in [3.8, 4) is 11.5 Å². The molecule has 0 spiro atoms. The molecule has 116 valence electrons. The van der Waals surface area contributed by atoms with Crippen molar-refractivity contribution in [2.24, 2.45) is 0 Å². The van der Waals surface area contributed by atoms with E-state index in [1.165, 1.54) is 12.8 Å². The highest BCUT2D eigenvalue weighted by molar-refractivity contribution is 5.45. The molecule has 4 heteroatoms. The smallest absolute Gasteiger partial charge is 0.161 e. The molecule has 3 rings (SSSR count). The summed E-state index contributed by atoms with van der Waals surface area (Å²) in [6.07, 6.45) is 4.82. The average molecular weight is 293 g/mol. The zero-order valence-corrected chi connectivity index (χ0v) is 12.7. The third-order valence-electron chi connectivity index (χ3n) is 4.39. The van der Waals surface area contributed by atoms with Crippen molar-refractivity contribution in [2.45, 2.75) is 50.7 Å². The summed E-state index contributed by atoms with van der Waals surface area (Å²) in [6, 6.07) is 5.74. The molecule has 1 fully saturated rings. The number of hydrogen-bond donors (Lipinski definition) is 1. The highest BCUT2D eigenvalue weighted by Crippen LogP contribution is 2.38. The van der Waals surface area contributed by atoms with E-state index in [1.54, 1.807) is 6.92 Å². The van der Waals surface area contributed by atoms with Crippen molar-refractivity contribution in [1.29, 1.82) is 0 Å². The van der Waals surface area contributed by atoms with Gasteiger partial charge in [-0.05, 0) is 44.0 Å². The summed E-state index contributed by atoms with van der Waals surface area (Å²) in [7, 11) is 0. The quantitative estimate of drug-likeness (QED) is 0.924. The third-order valence-corrected chi connectivity index (χ3v) is 4.39. The highest BCUT2D eigenvalue weighted by atomic mass is 19.1. The van der Waals surface area contributed by atoms with Crippen LogP contribution in [0.4, 0.5) is 4.39 Å². The van der Waals surface area contributed by atoms with Crippen LogP contribution in [0.15, 0.2) is 18.2 Å². The van der Waals surface area contributed by atoms with E-state index in [9.17, 15) is 0 Å². The first-order valence-corrected chi connectivity index (χ1v) is 7.97. The van der Waals surface area contributed by atoms with Gasteiger partial charge in [0.25, 0.3) is 0 Å². The van der Waals surface area contributed by atoms with Gasteiger partial charge in [-0.2, -0.15) is 0 Å². The van der Waals surface area contributed by atoms with E-state index in [4.69, 9.17) is 9.47 Å². The lowest BCUT2D eigenvalue weighted by Gasteiger charge is -2.30. The minimum atomic E-state index is -1.35. The molecule has 3 nitrogen and oxygen atoms in total. The van der Waals surface area contributed by atoms with Gasteiger partial charge in [0.05, 0.1) is 13.2 Å². The first-order valence-electron chi connectivity index (χ1n) is 7.97. The summed E-state index contributed by atoms with van der Waals surface area (Å²) in [4.78, 5) is 0. The second kappa shape index (κ2) is 6.22. The van der Waals surface area contributed by atoms with Gasteiger partial charge in [0.2, 0.25) is 0 Å². The Morgan fingerprint density at radius 2 is 2.00 bits per heavy atom. The summed E-state index contributed by atoms with van der Waals surface area (Å²) in [5, 5.41) is 3.42. The lowest BCUT2D eigenvalue weighted by atomic mass is 9.87. The van der Waals surface area contributed by atoms with Crippen molar-refractivity contribution in [3.05, 3.63) is 23.8 Å². The van der Waals surface area contributed by atoms with Crippen LogP contribution in [0, 0.1) is 0 Å². The van der Waals surface area contributed by atoms with Crippen molar-refractivity contribution < 1.29 is 13.9 Å². The summed E-state index contributed by atoms with van der Waals surface area (Å²) in [5.74, 6) is 1.40. The van der Waals surface area contributed by atoms with Gasteiger partial charge in [-0.15, -0.1) is 0 Å². The van der Waals surface area contributed by atoms with Crippen LogP contribution >= 0.6 is 0 Å². The van der Waals surface area contributed by atoms with Crippen LogP contribution in [0.1, 0.15) is 44.6 Å². The second-order valence-electron chi connectivity index (χ2n) is 6.26. The van der Waals surface area contributed by atoms with E-state index in [1.807, 2.05) is 18.2 Å². The SMILES string of the molecule is CC(F)(CC1CCCCN1)c1ccc2c(c1)OCCCO2. The molecular weight excluding hydrogens is 269 g/mol. The molecule has 0 amide bonds. The number of nitrogens with one attached hydrogen (secondary N) is 1. The minimum absolute atomic E-state index is 0.268. The Bertz CT molecular complexity index is 484. The van der Waals surface area contributed by atoms with Gasteiger partial charge in [-0.25, -0.2) is 4.39 Å². The van der Waals surface area contributed by atoms with Gasteiger partial charge in [0, 0.05) is 18.9 Å². The Balaban J connectivity index is 1.76. The van der Waals surface area contributed by atoms with Crippen molar-refractivity contribution in [2.75, 3.05) is 19.8 Å². The molecule has 0 saturated carbocycles. The molecule has 0 aromatic heterocycles. The molecule has 0 aliphatic carbocycles. The molecule has 1 aromatic carbocycles. The predicted octanol–water partition coefficient (Wildman–Crippen LogP) is 3.56. The lowest BCUT2D eigenvalue weighted by Crippen LogP contribution is -2.38. The van der Waals surface area contributed by atoms with Crippen molar-refractivity contribution >= 4 is 0 Å². The van der Waals surface area contributed by atoms with Crippen LogP contribution < -0.4 is 14.8 Å². The lowest BCUT2D eigenvalue weighted by molar-refractivity contribution is 0.145. The van der Waals surface area contributed by atoms with Gasteiger partial charge in [0.1, 0.15) is 5.67 Å². The predicted molar refractivity (Wildman–Crippen MR) is 80.8 cm³/mol. The van der Waals surface area contributed by atoms with E-state index in [-0.39, 0.29) is 6.04 Å². The average Bonchev–Trinajstić information content (AvgIpc) is 2.72. The molecule has 0 radical (unpaired) electrons. The standard InChI is InChI=1S/C17H24FNO2/c1-17(18,12-14-5-2-3-8-19-14)13-6-7-15-16(11-13)21-10-4-9-20-15/h6-7,11,14,19H,2-5,8-10,12H2,1H3. The Morgan fingerprint density at radius 1 is 1.19 bits per heavy atom. The van der Waals surface area contributed by atoms with E-state index in [0.29, 0.717) is 30.9 Å². The number of hydrogen-bond acceptors (Lipinski definition) is 3. The van der Waals surface area contributed by atoms with E-state index >= 15 is 4.39 Å². The fourth-order valence-electron chi connectivity index (χ4n) is 3.17. The summed E-state index contributed by atoms with van der Waals surface area (Å²) in [6.45, 7) is 3.96. The van der Waals surface area contributed by atoms with Crippen molar-refractivity contribution in [1.82, 2.24) is 5.32 Å². The molecule has 2 heterocycles. The van der Waals surface area contributed by atoms with Gasteiger partial charge in [-0.1, -0.05) is 12.5 Å². The molecule has 2 aliphatic rings. The molecular formula is C17H24FNO2. The third kappa shape index (κ3) is 3.49. The van der Waals surface area contributed by atoms with Crippen LogP contribution in [-0.2, 0) is 5.67 Å². The van der Waals surface area contributed by atoms with Gasteiger partial charge < -0.3 is 14.8 Å². The highest BCUT2D eigenvalue weighted by Gasteiger charge is 2.31. The first-order chi connectivity index (χ1) is 10.1. The van der Waals surface area contributed by atoms with E-state index in [2.05, 4.69) is 5.32 Å². The fraction of sp³-hybridized carbons (Fsp3) is 0.647. The zero-order valence-electron chi connectivity index (χ0n) is 12.7. The van der Waals surface area contributed by atoms with Gasteiger partial charge in [0.15, 0.2) is 11.5 Å². The van der Waals surface area contributed by atoms with Gasteiger partial charge in [-0.3, -0.25) is 0 Å². The molecule has 1 N–H and O–H groups in total. The number of benzene rings is 1. The molecule has 1 saturated heterocycles. The minimum Gasteiger partial charge on any atom is -0.490 e.